The van der Waals surface area contributed by atoms with Crippen LogP contribution in [0.25, 0.3) is 0 Å². The van der Waals surface area contributed by atoms with Crippen LogP contribution in [0.2, 0.25) is 0 Å². The summed E-state index contributed by atoms with van der Waals surface area (Å²) in [5.74, 6) is 0.133. The highest BCUT2D eigenvalue weighted by Gasteiger charge is 2.17. The Bertz CT molecular complexity index is 788. The monoisotopic (exact) mass is 355 g/mol. The van der Waals surface area contributed by atoms with Gasteiger partial charge in [-0.15, -0.1) is 0 Å². The fourth-order valence-electron chi connectivity index (χ4n) is 2.81. The summed E-state index contributed by atoms with van der Waals surface area (Å²) in [5, 5.41) is 2.89. The second kappa shape index (κ2) is 8.44. The summed E-state index contributed by atoms with van der Waals surface area (Å²) in [6.07, 6.45) is 1.75. The SMILES string of the molecule is COC(=O)c1cccc(C(=O)NCc2cccnc2N2CCOCC2)c1. The van der Waals surface area contributed by atoms with Crippen molar-refractivity contribution in [2.45, 2.75) is 6.54 Å². The molecule has 0 bridgehead atoms. The molecule has 7 heteroatoms. The van der Waals surface area contributed by atoms with Gasteiger partial charge < -0.3 is 19.7 Å². The molecule has 7 nitrogen and oxygen atoms in total. The largest absolute Gasteiger partial charge is 0.465 e. The van der Waals surface area contributed by atoms with E-state index in [2.05, 4.69) is 19.9 Å². The standard InChI is InChI=1S/C19H21N3O4/c1-25-19(24)15-5-2-4-14(12-15)18(23)21-13-16-6-3-7-20-17(16)22-8-10-26-11-9-22/h2-7,12H,8-11,13H2,1H3,(H,21,23). The van der Waals surface area contributed by atoms with Crippen LogP contribution in [0.5, 0.6) is 0 Å². The van der Waals surface area contributed by atoms with Gasteiger partial charge in [0.25, 0.3) is 5.91 Å². The van der Waals surface area contributed by atoms with Gasteiger partial charge in [-0.2, -0.15) is 0 Å². The van der Waals surface area contributed by atoms with Crippen molar-refractivity contribution in [3.63, 3.8) is 0 Å². The van der Waals surface area contributed by atoms with E-state index >= 15 is 0 Å². The fraction of sp³-hybridized carbons (Fsp3) is 0.316. The van der Waals surface area contributed by atoms with Gasteiger partial charge in [0.1, 0.15) is 5.82 Å². The van der Waals surface area contributed by atoms with Crippen molar-refractivity contribution in [2.75, 3.05) is 38.3 Å². The Morgan fingerprint density at radius 3 is 2.73 bits per heavy atom. The highest BCUT2D eigenvalue weighted by atomic mass is 16.5. The average Bonchev–Trinajstić information content (AvgIpc) is 2.72. The molecule has 0 unspecified atom stereocenters. The first-order chi connectivity index (χ1) is 12.7. The molecule has 136 valence electrons. The van der Waals surface area contributed by atoms with E-state index in [4.69, 9.17) is 4.74 Å². The summed E-state index contributed by atoms with van der Waals surface area (Å²) in [6.45, 7) is 3.24. The van der Waals surface area contributed by atoms with E-state index in [1.807, 2.05) is 12.1 Å². The van der Waals surface area contributed by atoms with Crippen LogP contribution in [0.1, 0.15) is 26.3 Å². The maximum absolute atomic E-state index is 12.5. The van der Waals surface area contributed by atoms with Crippen LogP contribution in [-0.4, -0.2) is 50.3 Å². The van der Waals surface area contributed by atoms with E-state index in [1.54, 1.807) is 24.4 Å². The van der Waals surface area contributed by atoms with Crippen LogP contribution in [-0.2, 0) is 16.0 Å². The first-order valence-corrected chi connectivity index (χ1v) is 8.42. The quantitative estimate of drug-likeness (QED) is 0.821. The number of morpholine rings is 1. The predicted octanol–water partition coefficient (Wildman–Crippen LogP) is 1.63. The van der Waals surface area contributed by atoms with Crippen LogP contribution in [0, 0.1) is 0 Å². The zero-order valence-electron chi connectivity index (χ0n) is 14.6. The molecule has 1 aromatic heterocycles. The van der Waals surface area contributed by atoms with Crippen molar-refractivity contribution in [1.82, 2.24) is 10.3 Å². The second-order valence-electron chi connectivity index (χ2n) is 5.84. The summed E-state index contributed by atoms with van der Waals surface area (Å²) >= 11 is 0. The summed E-state index contributed by atoms with van der Waals surface area (Å²) < 4.78 is 10.1. The van der Waals surface area contributed by atoms with E-state index in [1.165, 1.54) is 13.2 Å². The molecule has 1 aromatic carbocycles. The molecule has 1 fully saturated rings. The van der Waals surface area contributed by atoms with Crippen LogP contribution >= 0.6 is 0 Å². The number of hydrogen-bond acceptors (Lipinski definition) is 6. The smallest absolute Gasteiger partial charge is 0.337 e. The maximum atomic E-state index is 12.5. The zero-order valence-corrected chi connectivity index (χ0v) is 14.6. The highest BCUT2D eigenvalue weighted by Crippen LogP contribution is 2.18. The highest BCUT2D eigenvalue weighted by molar-refractivity contribution is 5.97. The predicted molar refractivity (Wildman–Crippen MR) is 96.2 cm³/mol. The average molecular weight is 355 g/mol. The number of nitrogens with one attached hydrogen (secondary N) is 1. The van der Waals surface area contributed by atoms with Gasteiger partial charge in [0.2, 0.25) is 0 Å². The minimum Gasteiger partial charge on any atom is -0.465 e. The molecule has 2 heterocycles. The van der Waals surface area contributed by atoms with Crippen LogP contribution in [0.15, 0.2) is 42.6 Å². The van der Waals surface area contributed by atoms with Gasteiger partial charge in [-0.25, -0.2) is 9.78 Å². The molecule has 2 aromatic rings. The molecule has 0 aliphatic carbocycles. The zero-order chi connectivity index (χ0) is 18.4. The number of carbonyl (C=O) groups is 2. The topological polar surface area (TPSA) is 80.8 Å². The summed E-state index contributed by atoms with van der Waals surface area (Å²) in [5.41, 5.74) is 1.69. The minimum absolute atomic E-state index is 0.257. The number of pyridine rings is 1. The number of methoxy groups -OCH3 is 1. The molecular weight excluding hydrogens is 334 g/mol. The lowest BCUT2D eigenvalue weighted by molar-refractivity contribution is 0.0600. The van der Waals surface area contributed by atoms with Crippen molar-refractivity contribution < 1.29 is 19.1 Å². The van der Waals surface area contributed by atoms with Crippen molar-refractivity contribution in [1.29, 1.82) is 0 Å². The number of hydrogen-bond donors (Lipinski definition) is 1. The Morgan fingerprint density at radius 1 is 1.19 bits per heavy atom. The first-order valence-electron chi connectivity index (χ1n) is 8.42. The van der Waals surface area contributed by atoms with Gasteiger partial charge in [0, 0.05) is 37.0 Å². The van der Waals surface area contributed by atoms with Crippen molar-refractivity contribution >= 4 is 17.7 Å². The third-order valence-electron chi connectivity index (χ3n) is 4.16. The van der Waals surface area contributed by atoms with E-state index in [-0.39, 0.29) is 5.91 Å². The summed E-state index contributed by atoms with van der Waals surface area (Å²) in [6, 6.07) is 10.2. The Kier molecular flexibility index (Phi) is 5.80. The Hall–Kier alpha value is -2.93. The van der Waals surface area contributed by atoms with Crippen molar-refractivity contribution in [3.8, 4) is 0 Å². The fourth-order valence-corrected chi connectivity index (χ4v) is 2.81. The molecule has 1 amide bonds. The molecule has 1 N–H and O–H groups in total. The molecule has 26 heavy (non-hydrogen) atoms. The van der Waals surface area contributed by atoms with E-state index < -0.39 is 5.97 Å². The minimum atomic E-state index is -0.471. The van der Waals surface area contributed by atoms with E-state index in [9.17, 15) is 9.59 Å². The molecule has 0 spiro atoms. The number of carbonyl (C=O) groups excluding carboxylic acids is 2. The number of benzene rings is 1. The Morgan fingerprint density at radius 2 is 1.96 bits per heavy atom. The number of rotatable bonds is 5. The Labute approximate surface area is 151 Å². The lowest BCUT2D eigenvalue weighted by Gasteiger charge is -2.29. The lowest BCUT2D eigenvalue weighted by Crippen LogP contribution is -2.37. The molecule has 0 saturated carbocycles. The maximum Gasteiger partial charge on any atom is 0.337 e. The van der Waals surface area contributed by atoms with Crippen molar-refractivity contribution in [2.24, 2.45) is 0 Å². The molecule has 3 rings (SSSR count). The number of ether oxygens (including phenoxy) is 2. The molecule has 1 saturated heterocycles. The third kappa shape index (κ3) is 4.18. The Balaban J connectivity index is 1.69. The molecular formula is C19H21N3O4. The van der Waals surface area contributed by atoms with E-state index in [0.717, 1.165) is 24.5 Å². The number of aromatic nitrogens is 1. The number of esters is 1. The van der Waals surface area contributed by atoms with Crippen molar-refractivity contribution in [3.05, 3.63) is 59.3 Å². The van der Waals surface area contributed by atoms with Crippen LogP contribution in [0.3, 0.4) is 0 Å². The molecule has 1 aliphatic heterocycles. The number of anilines is 1. The number of nitrogens with zero attached hydrogens (tertiary/aromatic N) is 2. The normalized spacial score (nSPS) is 14.0. The second-order valence-corrected chi connectivity index (χ2v) is 5.84. The molecule has 0 atom stereocenters. The van der Waals surface area contributed by atoms with Crippen LogP contribution < -0.4 is 10.2 Å². The lowest BCUT2D eigenvalue weighted by atomic mass is 10.1. The molecule has 1 aliphatic rings. The van der Waals surface area contributed by atoms with Gasteiger partial charge in [0.05, 0.1) is 25.9 Å². The third-order valence-corrected chi connectivity index (χ3v) is 4.16. The van der Waals surface area contributed by atoms with Gasteiger partial charge in [0.15, 0.2) is 0 Å². The first kappa shape index (κ1) is 17.9. The van der Waals surface area contributed by atoms with E-state index in [0.29, 0.717) is 30.9 Å². The number of amides is 1. The van der Waals surface area contributed by atoms with Gasteiger partial charge in [-0.3, -0.25) is 4.79 Å². The van der Waals surface area contributed by atoms with Crippen LogP contribution in [0.4, 0.5) is 5.82 Å². The van der Waals surface area contributed by atoms with Gasteiger partial charge >= 0.3 is 5.97 Å². The van der Waals surface area contributed by atoms with Gasteiger partial charge in [-0.1, -0.05) is 12.1 Å². The van der Waals surface area contributed by atoms with Gasteiger partial charge in [-0.05, 0) is 24.3 Å². The molecule has 0 radical (unpaired) electrons. The summed E-state index contributed by atoms with van der Waals surface area (Å²) in [4.78, 5) is 30.7. The summed E-state index contributed by atoms with van der Waals surface area (Å²) in [7, 11) is 1.31.